The fourth-order valence-electron chi connectivity index (χ4n) is 3.64. The minimum atomic E-state index is -0.0806. The van der Waals surface area contributed by atoms with E-state index in [0.29, 0.717) is 5.57 Å². The molecule has 1 aromatic carbocycles. The molecule has 1 fully saturated rings. The summed E-state index contributed by atoms with van der Waals surface area (Å²) in [5, 5.41) is 10.5. The number of rotatable bonds is 2. The molecule has 1 N–H and O–H groups in total. The summed E-state index contributed by atoms with van der Waals surface area (Å²) in [5.41, 5.74) is 4.93. The maximum atomic E-state index is 12.6. The number of hydrogen-bond acceptors (Lipinski definition) is 2. The van der Waals surface area contributed by atoms with Crippen molar-refractivity contribution in [1.82, 2.24) is 4.90 Å². The Morgan fingerprint density at radius 3 is 2.75 bits per heavy atom. The van der Waals surface area contributed by atoms with Crippen LogP contribution >= 0.6 is 0 Å². The van der Waals surface area contributed by atoms with Crippen LogP contribution in [0.1, 0.15) is 42.0 Å². The summed E-state index contributed by atoms with van der Waals surface area (Å²) in [4.78, 5) is 14.4. The number of aryl methyl sites for hydroxylation is 3. The third kappa shape index (κ3) is 1.76. The Morgan fingerprint density at radius 1 is 1.35 bits per heavy atom. The van der Waals surface area contributed by atoms with Crippen molar-refractivity contribution in [1.29, 1.82) is 0 Å². The lowest BCUT2D eigenvalue weighted by molar-refractivity contribution is -0.124. The van der Waals surface area contributed by atoms with Crippen molar-refractivity contribution in [3.63, 3.8) is 0 Å². The molecule has 3 rings (SSSR count). The average molecular weight is 271 g/mol. The van der Waals surface area contributed by atoms with E-state index in [1.165, 1.54) is 5.56 Å². The Hall–Kier alpha value is -1.77. The smallest absolute Gasteiger partial charge is 0.258 e. The van der Waals surface area contributed by atoms with Crippen LogP contribution < -0.4 is 0 Å². The molecule has 2 aliphatic rings. The molecule has 0 aliphatic carbocycles. The Kier molecular flexibility index (Phi) is 3.08. The highest BCUT2D eigenvalue weighted by molar-refractivity contribution is 6.23. The highest BCUT2D eigenvalue weighted by Gasteiger charge is 2.43. The lowest BCUT2D eigenvalue weighted by Gasteiger charge is -2.16. The number of carbonyl (C=O) groups is 1. The van der Waals surface area contributed by atoms with Gasteiger partial charge in [0.05, 0.1) is 11.6 Å². The Balaban J connectivity index is 2.18. The van der Waals surface area contributed by atoms with E-state index in [1.54, 1.807) is 0 Å². The summed E-state index contributed by atoms with van der Waals surface area (Å²) < 4.78 is 0. The van der Waals surface area contributed by atoms with Crippen molar-refractivity contribution < 1.29 is 9.90 Å². The van der Waals surface area contributed by atoms with Gasteiger partial charge >= 0.3 is 0 Å². The van der Waals surface area contributed by atoms with Gasteiger partial charge in [-0.2, -0.15) is 0 Å². The molecule has 2 heterocycles. The van der Waals surface area contributed by atoms with Crippen molar-refractivity contribution in [2.24, 2.45) is 0 Å². The van der Waals surface area contributed by atoms with Crippen LogP contribution in [0.5, 0.6) is 0 Å². The molecule has 0 aromatic heterocycles. The van der Waals surface area contributed by atoms with Crippen LogP contribution in [-0.2, 0) is 11.2 Å². The van der Waals surface area contributed by atoms with Crippen LogP contribution in [0.3, 0.4) is 0 Å². The summed E-state index contributed by atoms with van der Waals surface area (Å²) in [6, 6.07) is 4.13. The van der Waals surface area contributed by atoms with Crippen LogP contribution in [-0.4, -0.2) is 28.5 Å². The van der Waals surface area contributed by atoms with E-state index in [2.05, 4.69) is 26.0 Å². The molecular formula is C17H21NO2. The number of benzene rings is 1. The zero-order valence-corrected chi connectivity index (χ0v) is 12.4. The van der Waals surface area contributed by atoms with Crippen LogP contribution in [0.15, 0.2) is 17.9 Å². The second-order valence-electron chi connectivity index (χ2n) is 5.89. The molecule has 0 spiro atoms. The van der Waals surface area contributed by atoms with Gasteiger partial charge in [0.1, 0.15) is 5.76 Å². The van der Waals surface area contributed by atoms with E-state index in [-0.39, 0.29) is 17.7 Å². The first-order valence-electron chi connectivity index (χ1n) is 7.39. The van der Waals surface area contributed by atoms with Gasteiger partial charge in [-0.25, -0.2) is 0 Å². The highest BCUT2D eigenvalue weighted by atomic mass is 16.3. The fraction of sp³-hybridized carbons (Fsp3) is 0.471. The number of carbonyl (C=O) groups excluding carboxylic acids is 1. The summed E-state index contributed by atoms with van der Waals surface area (Å²) in [7, 11) is 0. The standard InChI is InChI=1S/C17H21NO2/c1-4-12-9-10(2)8-11(3)14(12)15-16(19)13-6-5-7-18(13)17(15)20/h8-9,13,19H,4-7H2,1-3H3. The predicted octanol–water partition coefficient (Wildman–Crippen LogP) is 3.14. The van der Waals surface area contributed by atoms with Gasteiger partial charge in [0.25, 0.3) is 5.91 Å². The molecule has 106 valence electrons. The first-order valence-corrected chi connectivity index (χ1v) is 7.39. The average Bonchev–Trinajstić information content (AvgIpc) is 2.96. The Labute approximate surface area is 119 Å². The molecule has 1 saturated heterocycles. The number of fused-ring (bicyclic) bond motifs is 1. The molecule has 3 heteroatoms. The van der Waals surface area contributed by atoms with Gasteiger partial charge in [-0.05, 0) is 49.8 Å². The van der Waals surface area contributed by atoms with Crippen LogP contribution in [0, 0.1) is 13.8 Å². The van der Waals surface area contributed by atoms with E-state index in [4.69, 9.17) is 0 Å². The first kappa shape index (κ1) is 13.2. The maximum absolute atomic E-state index is 12.6. The molecule has 1 atom stereocenters. The van der Waals surface area contributed by atoms with Crippen molar-refractivity contribution in [3.8, 4) is 0 Å². The second kappa shape index (κ2) is 4.65. The maximum Gasteiger partial charge on any atom is 0.258 e. The molecule has 3 nitrogen and oxygen atoms in total. The van der Waals surface area contributed by atoms with Gasteiger partial charge < -0.3 is 10.0 Å². The topological polar surface area (TPSA) is 40.5 Å². The number of aliphatic hydroxyl groups is 1. The molecule has 0 bridgehead atoms. The van der Waals surface area contributed by atoms with Crippen molar-refractivity contribution in [2.75, 3.05) is 6.54 Å². The molecule has 2 aliphatic heterocycles. The second-order valence-corrected chi connectivity index (χ2v) is 5.89. The van der Waals surface area contributed by atoms with Gasteiger partial charge in [-0.15, -0.1) is 0 Å². The van der Waals surface area contributed by atoms with E-state index in [9.17, 15) is 9.90 Å². The quantitative estimate of drug-likeness (QED) is 0.897. The summed E-state index contributed by atoms with van der Waals surface area (Å²) in [6.07, 6.45) is 2.74. The normalized spacial score (nSPS) is 21.9. The monoisotopic (exact) mass is 271 g/mol. The van der Waals surface area contributed by atoms with Gasteiger partial charge in [-0.1, -0.05) is 24.6 Å². The van der Waals surface area contributed by atoms with Crippen LogP contribution in [0.4, 0.5) is 0 Å². The molecule has 1 amide bonds. The number of hydrogen-bond donors (Lipinski definition) is 1. The van der Waals surface area contributed by atoms with Gasteiger partial charge in [-0.3, -0.25) is 4.79 Å². The number of aliphatic hydroxyl groups excluding tert-OH is 1. The molecule has 0 radical (unpaired) electrons. The third-order valence-corrected chi connectivity index (χ3v) is 4.49. The van der Waals surface area contributed by atoms with E-state index in [1.807, 2.05) is 11.8 Å². The minimum absolute atomic E-state index is 0.00616. The molecular weight excluding hydrogens is 250 g/mol. The fourth-order valence-corrected chi connectivity index (χ4v) is 3.64. The van der Waals surface area contributed by atoms with Crippen molar-refractivity contribution in [3.05, 3.63) is 40.1 Å². The Morgan fingerprint density at radius 2 is 2.10 bits per heavy atom. The number of amides is 1. The zero-order chi connectivity index (χ0) is 14.4. The Bertz CT molecular complexity index is 616. The van der Waals surface area contributed by atoms with Gasteiger partial charge in [0.15, 0.2) is 0 Å². The molecule has 20 heavy (non-hydrogen) atoms. The predicted molar refractivity (Wildman–Crippen MR) is 79.6 cm³/mol. The third-order valence-electron chi connectivity index (χ3n) is 4.49. The first-order chi connectivity index (χ1) is 9.54. The SMILES string of the molecule is CCc1cc(C)cc(C)c1C1=C(O)C2CCCN2C1=O. The van der Waals surface area contributed by atoms with E-state index >= 15 is 0 Å². The van der Waals surface area contributed by atoms with E-state index in [0.717, 1.165) is 42.5 Å². The molecule has 1 unspecified atom stereocenters. The van der Waals surface area contributed by atoms with E-state index < -0.39 is 0 Å². The highest BCUT2D eigenvalue weighted by Crippen LogP contribution is 2.39. The largest absolute Gasteiger partial charge is 0.509 e. The lowest BCUT2D eigenvalue weighted by atomic mass is 9.90. The van der Waals surface area contributed by atoms with Crippen molar-refractivity contribution in [2.45, 2.75) is 46.1 Å². The van der Waals surface area contributed by atoms with Crippen LogP contribution in [0.2, 0.25) is 0 Å². The summed E-state index contributed by atoms with van der Waals surface area (Å²) in [5.74, 6) is 0.292. The van der Waals surface area contributed by atoms with Gasteiger partial charge in [0.2, 0.25) is 0 Å². The summed E-state index contributed by atoms with van der Waals surface area (Å²) in [6.45, 7) is 6.96. The molecule has 0 saturated carbocycles. The number of nitrogens with zero attached hydrogens (tertiary/aromatic N) is 1. The van der Waals surface area contributed by atoms with Gasteiger partial charge in [0, 0.05) is 6.54 Å². The van der Waals surface area contributed by atoms with Crippen molar-refractivity contribution >= 4 is 11.5 Å². The summed E-state index contributed by atoms with van der Waals surface area (Å²) >= 11 is 0. The van der Waals surface area contributed by atoms with Crippen LogP contribution in [0.25, 0.3) is 5.57 Å². The zero-order valence-electron chi connectivity index (χ0n) is 12.4. The lowest BCUT2D eigenvalue weighted by Crippen LogP contribution is -2.29. The molecule has 1 aromatic rings. The minimum Gasteiger partial charge on any atom is -0.509 e.